The van der Waals surface area contributed by atoms with E-state index in [1.807, 2.05) is 0 Å². The maximum absolute atomic E-state index is 5.50. The summed E-state index contributed by atoms with van der Waals surface area (Å²) in [5.41, 5.74) is 4.14. The van der Waals surface area contributed by atoms with E-state index in [-0.39, 0.29) is 0 Å². The molecule has 1 N–H and O–H groups in total. The Morgan fingerprint density at radius 1 is 1.26 bits per heavy atom. The molecule has 1 heterocycles. The molecule has 0 bridgehead atoms. The molecule has 106 valence electrons. The molecule has 2 nitrogen and oxygen atoms in total. The SMILES string of the molecule is CCNC(c1cc(C)c(Br)cc1C)C1CCOCC1. The highest BCUT2D eigenvalue weighted by molar-refractivity contribution is 9.10. The maximum Gasteiger partial charge on any atom is 0.0469 e. The number of hydrogen-bond acceptors (Lipinski definition) is 2. The molecular formula is C16H24BrNO. The van der Waals surface area contributed by atoms with E-state index in [0.29, 0.717) is 12.0 Å². The molecule has 0 saturated carbocycles. The van der Waals surface area contributed by atoms with Crippen molar-refractivity contribution in [3.63, 3.8) is 0 Å². The van der Waals surface area contributed by atoms with Gasteiger partial charge in [-0.1, -0.05) is 28.9 Å². The Morgan fingerprint density at radius 2 is 1.95 bits per heavy atom. The van der Waals surface area contributed by atoms with Gasteiger partial charge in [0.25, 0.3) is 0 Å². The van der Waals surface area contributed by atoms with Gasteiger partial charge < -0.3 is 10.1 Å². The highest BCUT2D eigenvalue weighted by Gasteiger charge is 2.26. The zero-order valence-electron chi connectivity index (χ0n) is 12.1. The number of rotatable bonds is 4. The number of nitrogens with one attached hydrogen (secondary N) is 1. The molecule has 1 aliphatic rings. The van der Waals surface area contributed by atoms with E-state index >= 15 is 0 Å². The number of hydrogen-bond donors (Lipinski definition) is 1. The summed E-state index contributed by atoms with van der Waals surface area (Å²) in [7, 11) is 0. The average molecular weight is 326 g/mol. The lowest BCUT2D eigenvalue weighted by molar-refractivity contribution is 0.0537. The van der Waals surface area contributed by atoms with Gasteiger partial charge in [-0.25, -0.2) is 0 Å². The van der Waals surface area contributed by atoms with Gasteiger partial charge in [0.2, 0.25) is 0 Å². The van der Waals surface area contributed by atoms with E-state index in [1.54, 1.807) is 0 Å². The fourth-order valence-electron chi connectivity index (χ4n) is 2.94. The van der Waals surface area contributed by atoms with Crippen molar-refractivity contribution in [2.75, 3.05) is 19.8 Å². The summed E-state index contributed by atoms with van der Waals surface area (Å²) >= 11 is 3.62. The molecule has 1 atom stereocenters. The molecule has 0 aromatic heterocycles. The van der Waals surface area contributed by atoms with Crippen LogP contribution in [-0.2, 0) is 4.74 Å². The van der Waals surface area contributed by atoms with E-state index in [4.69, 9.17) is 4.74 Å². The van der Waals surface area contributed by atoms with Crippen molar-refractivity contribution >= 4 is 15.9 Å². The second-order valence-corrected chi connectivity index (χ2v) is 6.30. The quantitative estimate of drug-likeness (QED) is 0.898. The van der Waals surface area contributed by atoms with Crippen LogP contribution in [0.2, 0.25) is 0 Å². The number of ether oxygens (including phenoxy) is 1. The largest absolute Gasteiger partial charge is 0.381 e. The van der Waals surface area contributed by atoms with Crippen LogP contribution in [0.5, 0.6) is 0 Å². The van der Waals surface area contributed by atoms with Crippen LogP contribution in [0.15, 0.2) is 16.6 Å². The molecule has 1 aliphatic heterocycles. The molecule has 0 spiro atoms. The zero-order chi connectivity index (χ0) is 13.8. The molecular weight excluding hydrogens is 302 g/mol. The Morgan fingerprint density at radius 3 is 2.58 bits per heavy atom. The van der Waals surface area contributed by atoms with Gasteiger partial charge in [-0.2, -0.15) is 0 Å². The molecule has 1 saturated heterocycles. The number of benzene rings is 1. The highest BCUT2D eigenvalue weighted by atomic mass is 79.9. The summed E-state index contributed by atoms with van der Waals surface area (Å²) in [6, 6.07) is 5.04. The first-order valence-electron chi connectivity index (χ1n) is 7.21. The predicted molar refractivity (Wildman–Crippen MR) is 83.6 cm³/mol. The smallest absolute Gasteiger partial charge is 0.0469 e. The van der Waals surface area contributed by atoms with Crippen molar-refractivity contribution in [1.29, 1.82) is 0 Å². The standard InChI is InChI=1S/C16H24BrNO/c1-4-18-16(13-5-7-19-8-6-13)14-9-12(3)15(17)10-11(14)2/h9-10,13,16,18H,4-8H2,1-3H3. The number of aryl methyl sites for hydroxylation is 2. The Bertz CT molecular complexity index is 427. The molecule has 1 aromatic carbocycles. The van der Waals surface area contributed by atoms with Gasteiger partial charge in [0.1, 0.15) is 0 Å². The minimum absolute atomic E-state index is 0.459. The van der Waals surface area contributed by atoms with E-state index < -0.39 is 0 Å². The molecule has 1 aromatic rings. The third kappa shape index (κ3) is 3.59. The first-order chi connectivity index (χ1) is 9.13. The van der Waals surface area contributed by atoms with Crippen molar-refractivity contribution < 1.29 is 4.74 Å². The molecule has 1 fully saturated rings. The summed E-state index contributed by atoms with van der Waals surface area (Å²) in [4.78, 5) is 0. The van der Waals surface area contributed by atoms with Gasteiger partial charge >= 0.3 is 0 Å². The Kier molecular flexibility index (Phi) is 5.43. The molecule has 0 aliphatic carbocycles. The van der Waals surface area contributed by atoms with Gasteiger partial charge in [0.15, 0.2) is 0 Å². The summed E-state index contributed by atoms with van der Waals surface area (Å²) in [6.45, 7) is 9.38. The Labute approximate surface area is 125 Å². The van der Waals surface area contributed by atoms with Crippen LogP contribution in [0.3, 0.4) is 0 Å². The van der Waals surface area contributed by atoms with Crippen LogP contribution >= 0.6 is 15.9 Å². The van der Waals surface area contributed by atoms with Crippen molar-refractivity contribution in [1.82, 2.24) is 5.32 Å². The normalized spacial score (nSPS) is 18.5. The minimum atomic E-state index is 0.459. The highest BCUT2D eigenvalue weighted by Crippen LogP contribution is 2.34. The van der Waals surface area contributed by atoms with Crippen LogP contribution in [0, 0.1) is 19.8 Å². The topological polar surface area (TPSA) is 21.3 Å². The zero-order valence-corrected chi connectivity index (χ0v) is 13.7. The van der Waals surface area contributed by atoms with Crippen LogP contribution < -0.4 is 5.32 Å². The van der Waals surface area contributed by atoms with E-state index in [1.165, 1.54) is 21.2 Å². The Hall–Kier alpha value is -0.380. The van der Waals surface area contributed by atoms with E-state index in [2.05, 4.69) is 54.2 Å². The van der Waals surface area contributed by atoms with Crippen molar-refractivity contribution in [3.05, 3.63) is 33.3 Å². The van der Waals surface area contributed by atoms with Crippen LogP contribution in [0.4, 0.5) is 0 Å². The first kappa shape index (κ1) is 15.0. The van der Waals surface area contributed by atoms with Gasteiger partial charge in [0.05, 0.1) is 0 Å². The van der Waals surface area contributed by atoms with Gasteiger partial charge in [-0.15, -0.1) is 0 Å². The fourth-order valence-corrected chi connectivity index (χ4v) is 3.40. The lowest BCUT2D eigenvalue weighted by Gasteiger charge is -2.32. The van der Waals surface area contributed by atoms with Crippen molar-refractivity contribution in [2.45, 2.75) is 39.7 Å². The van der Waals surface area contributed by atoms with Crippen LogP contribution in [0.1, 0.15) is 42.5 Å². The van der Waals surface area contributed by atoms with E-state index in [0.717, 1.165) is 32.6 Å². The van der Waals surface area contributed by atoms with Crippen LogP contribution in [0.25, 0.3) is 0 Å². The second-order valence-electron chi connectivity index (χ2n) is 5.44. The predicted octanol–water partition coefficient (Wildman–Crippen LogP) is 4.14. The summed E-state index contributed by atoms with van der Waals surface area (Å²) in [5, 5.41) is 3.69. The van der Waals surface area contributed by atoms with Gasteiger partial charge in [-0.3, -0.25) is 0 Å². The summed E-state index contributed by atoms with van der Waals surface area (Å²) < 4.78 is 6.71. The molecule has 0 amide bonds. The third-order valence-electron chi connectivity index (χ3n) is 4.04. The molecule has 2 rings (SSSR count). The maximum atomic E-state index is 5.50. The first-order valence-corrected chi connectivity index (χ1v) is 8.00. The molecule has 1 unspecified atom stereocenters. The van der Waals surface area contributed by atoms with Crippen molar-refractivity contribution in [2.24, 2.45) is 5.92 Å². The second kappa shape index (κ2) is 6.87. The van der Waals surface area contributed by atoms with E-state index in [9.17, 15) is 0 Å². The fraction of sp³-hybridized carbons (Fsp3) is 0.625. The number of halogens is 1. The van der Waals surface area contributed by atoms with Gasteiger partial charge in [-0.05, 0) is 61.9 Å². The Balaban J connectivity index is 2.29. The molecule has 0 radical (unpaired) electrons. The molecule has 3 heteroatoms. The summed E-state index contributed by atoms with van der Waals surface area (Å²) in [5.74, 6) is 0.688. The minimum Gasteiger partial charge on any atom is -0.381 e. The lowest BCUT2D eigenvalue weighted by atomic mass is 9.84. The van der Waals surface area contributed by atoms with Crippen LogP contribution in [-0.4, -0.2) is 19.8 Å². The van der Waals surface area contributed by atoms with Crippen molar-refractivity contribution in [3.8, 4) is 0 Å². The van der Waals surface area contributed by atoms with Gasteiger partial charge in [0, 0.05) is 23.7 Å². The average Bonchev–Trinajstić information content (AvgIpc) is 2.42. The molecule has 19 heavy (non-hydrogen) atoms. The lowest BCUT2D eigenvalue weighted by Crippen LogP contribution is -2.32. The monoisotopic (exact) mass is 325 g/mol. The summed E-state index contributed by atoms with van der Waals surface area (Å²) in [6.07, 6.45) is 2.32. The third-order valence-corrected chi connectivity index (χ3v) is 4.90.